The molecule has 3 nitrogen and oxygen atoms in total. The summed E-state index contributed by atoms with van der Waals surface area (Å²) in [7, 11) is 0. The Hall–Kier alpha value is -0.650. The Morgan fingerprint density at radius 3 is 3.00 bits per heavy atom. The molecule has 2 aromatic rings. The number of fused-ring (bicyclic) bond motifs is 1. The first-order chi connectivity index (χ1) is 6.20. The quantitative estimate of drug-likeness (QED) is 0.610. The van der Waals surface area contributed by atoms with Crippen LogP contribution in [-0.2, 0) is 0 Å². The fourth-order valence-corrected chi connectivity index (χ4v) is 2.41. The third-order valence-corrected chi connectivity index (χ3v) is 3.60. The molecule has 13 heavy (non-hydrogen) atoms. The summed E-state index contributed by atoms with van der Waals surface area (Å²) < 4.78 is 2.23. The number of hydrazine groups is 1. The van der Waals surface area contributed by atoms with Crippen molar-refractivity contribution >= 4 is 42.6 Å². The smallest absolute Gasteiger partial charge is 0.198 e. The molecule has 3 N–H and O–H groups in total. The van der Waals surface area contributed by atoms with Gasteiger partial charge in [-0.1, -0.05) is 27.3 Å². The van der Waals surface area contributed by atoms with E-state index in [1.54, 1.807) is 11.3 Å². The van der Waals surface area contributed by atoms with Crippen LogP contribution >= 0.6 is 27.3 Å². The van der Waals surface area contributed by atoms with Crippen molar-refractivity contribution in [2.24, 2.45) is 5.84 Å². The Morgan fingerprint density at radius 2 is 2.31 bits per heavy atom. The number of hydrogen-bond acceptors (Lipinski definition) is 4. The van der Waals surface area contributed by atoms with E-state index in [1.165, 1.54) is 5.56 Å². The fraction of sp³-hybridized carbons (Fsp3) is 0.125. The number of rotatable bonds is 1. The van der Waals surface area contributed by atoms with Crippen LogP contribution in [0.4, 0.5) is 5.13 Å². The molecule has 0 amide bonds. The van der Waals surface area contributed by atoms with Gasteiger partial charge in [-0.05, 0) is 24.6 Å². The first-order valence-corrected chi connectivity index (χ1v) is 5.35. The van der Waals surface area contributed by atoms with Crippen molar-refractivity contribution in [1.29, 1.82) is 0 Å². The molecule has 0 atom stereocenters. The molecule has 2 rings (SSSR count). The van der Waals surface area contributed by atoms with Crippen LogP contribution in [0.2, 0.25) is 0 Å². The van der Waals surface area contributed by atoms with Crippen molar-refractivity contribution in [3.05, 3.63) is 22.2 Å². The number of aromatic nitrogens is 1. The van der Waals surface area contributed by atoms with Crippen LogP contribution in [0.1, 0.15) is 5.56 Å². The molecule has 1 heterocycles. The Labute approximate surface area is 88.1 Å². The average molecular weight is 258 g/mol. The van der Waals surface area contributed by atoms with E-state index in [2.05, 4.69) is 32.4 Å². The third-order valence-electron chi connectivity index (χ3n) is 1.79. The number of nitrogens with zero attached hydrogens (tertiary/aromatic N) is 1. The monoisotopic (exact) mass is 257 g/mol. The average Bonchev–Trinajstić information content (AvgIpc) is 2.48. The van der Waals surface area contributed by atoms with Gasteiger partial charge in [0.15, 0.2) is 5.13 Å². The molecule has 1 aromatic heterocycles. The predicted molar refractivity (Wildman–Crippen MR) is 59.9 cm³/mol. The van der Waals surface area contributed by atoms with Crippen molar-refractivity contribution in [2.45, 2.75) is 6.92 Å². The molecular formula is C8H8BrN3S. The van der Waals surface area contributed by atoms with E-state index in [9.17, 15) is 0 Å². The zero-order chi connectivity index (χ0) is 9.42. The molecule has 1 aromatic carbocycles. The van der Waals surface area contributed by atoms with Crippen LogP contribution in [0.15, 0.2) is 16.6 Å². The van der Waals surface area contributed by atoms with E-state index in [1.807, 2.05) is 13.0 Å². The molecule has 0 bridgehead atoms. The van der Waals surface area contributed by atoms with E-state index < -0.39 is 0 Å². The minimum Gasteiger partial charge on any atom is -0.300 e. The summed E-state index contributed by atoms with van der Waals surface area (Å²) in [5, 5.41) is 0.743. The van der Waals surface area contributed by atoms with Crippen LogP contribution < -0.4 is 11.3 Å². The van der Waals surface area contributed by atoms with Crippen molar-refractivity contribution < 1.29 is 0 Å². The highest BCUT2D eigenvalue weighted by atomic mass is 79.9. The van der Waals surface area contributed by atoms with Gasteiger partial charge in [0.05, 0.1) is 10.2 Å². The molecular weight excluding hydrogens is 250 g/mol. The molecule has 68 valence electrons. The number of nitrogens with one attached hydrogen (secondary N) is 1. The Bertz CT molecular complexity index is 413. The Balaban J connectivity index is 2.70. The number of anilines is 1. The summed E-state index contributed by atoms with van der Waals surface area (Å²) in [6.07, 6.45) is 0. The molecule has 0 unspecified atom stereocenters. The van der Waals surface area contributed by atoms with Crippen LogP contribution in [0, 0.1) is 6.92 Å². The fourth-order valence-electron chi connectivity index (χ4n) is 1.12. The molecule has 0 saturated carbocycles. The lowest BCUT2D eigenvalue weighted by Gasteiger charge is -1.95. The predicted octanol–water partition coefficient (Wildman–Crippen LogP) is 2.65. The number of benzene rings is 1. The van der Waals surface area contributed by atoms with E-state index in [0.717, 1.165) is 19.8 Å². The summed E-state index contributed by atoms with van der Waals surface area (Å²) in [6.45, 7) is 2.04. The topological polar surface area (TPSA) is 50.9 Å². The number of thiazole rings is 1. The van der Waals surface area contributed by atoms with Gasteiger partial charge in [0.25, 0.3) is 0 Å². The lowest BCUT2D eigenvalue weighted by atomic mass is 10.2. The van der Waals surface area contributed by atoms with Gasteiger partial charge in [-0.3, -0.25) is 5.43 Å². The first-order valence-electron chi connectivity index (χ1n) is 3.74. The second kappa shape index (κ2) is 3.25. The zero-order valence-corrected chi connectivity index (χ0v) is 9.37. The Kier molecular flexibility index (Phi) is 2.23. The molecule has 0 saturated heterocycles. The number of nitrogen functional groups attached to an aromatic ring is 1. The van der Waals surface area contributed by atoms with Gasteiger partial charge in [0, 0.05) is 4.47 Å². The van der Waals surface area contributed by atoms with Gasteiger partial charge in [0.2, 0.25) is 0 Å². The Morgan fingerprint density at radius 1 is 1.54 bits per heavy atom. The summed E-state index contributed by atoms with van der Waals surface area (Å²) in [5.41, 5.74) is 4.71. The number of aryl methyl sites for hydroxylation is 1. The molecule has 0 aliphatic rings. The van der Waals surface area contributed by atoms with Gasteiger partial charge >= 0.3 is 0 Å². The first kappa shape index (κ1) is 8.93. The van der Waals surface area contributed by atoms with E-state index in [-0.39, 0.29) is 0 Å². The molecule has 0 aliphatic carbocycles. The summed E-state index contributed by atoms with van der Waals surface area (Å²) >= 11 is 5.02. The number of hydrogen-bond donors (Lipinski definition) is 2. The molecule has 5 heteroatoms. The van der Waals surface area contributed by atoms with Gasteiger partial charge < -0.3 is 0 Å². The summed E-state index contributed by atoms with van der Waals surface area (Å²) in [6, 6.07) is 4.10. The van der Waals surface area contributed by atoms with Gasteiger partial charge in [0.1, 0.15) is 0 Å². The maximum absolute atomic E-state index is 5.28. The van der Waals surface area contributed by atoms with Crippen LogP contribution in [0.5, 0.6) is 0 Å². The normalized spacial score (nSPS) is 10.7. The maximum atomic E-state index is 5.28. The van der Waals surface area contributed by atoms with E-state index in [4.69, 9.17) is 5.84 Å². The maximum Gasteiger partial charge on any atom is 0.198 e. The van der Waals surface area contributed by atoms with E-state index in [0.29, 0.717) is 0 Å². The standard InChI is InChI=1S/C8H8BrN3S/c1-4-2-6-7(3-5(4)9)13-8(11-6)12-10/h2-3H,10H2,1H3,(H,11,12). The van der Waals surface area contributed by atoms with Crippen molar-refractivity contribution in [3.63, 3.8) is 0 Å². The second-order valence-electron chi connectivity index (χ2n) is 2.73. The van der Waals surface area contributed by atoms with Crippen molar-refractivity contribution in [2.75, 3.05) is 5.43 Å². The number of halogens is 1. The molecule has 0 spiro atoms. The SMILES string of the molecule is Cc1cc2nc(NN)sc2cc1Br. The van der Waals surface area contributed by atoms with E-state index >= 15 is 0 Å². The minimum absolute atomic E-state index is 0.743. The zero-order valence-electron chi connectivity index (χ0n) is 6.97. The lowest BCUT2D eigenvalue weighted by molar-refractivity contribution is 1.31. The van der Waals surface area contributed by atoms with Crippen LogP contribution in [0.25, 0.3) is 10.2 Å². The third kappa shape index (κ3) is 1.54. The highest BCUT2D eigenvalue weighted by molar-refractivity contribution is 9.10. The summed E-state index contributed by atoms with van der Waals surface area (Å²) in [5.74, 6) is 5.28. The van der Waals surface area contributed by atoms with Crippen LogP contribution in [-0.4, -0.2) is 4.98 Å². The highest BCUT2D eigenvalue weighted by Gasteiger charge is 2.04. The molecule has 0 fully saturated rings. The second-order valence-corrected chi connectivity index (χ2v) is 4.62. The highest BCUT2D eigenvalue weighted by Crippen LogP contribution is 2.29. The summed E-state index contributed by atoms with van der Waals surface area (Å²) in [4.78, 5) is 4.29. The van der Waals surface area contributed by atoms with Crippen molar-refractivity contribution in [3.8, 4) is 0 Å². The number of nitrogens with two attached hydrogens (primary N) is 1. The largest absolute Gasteiger partial charge is 0.300 e. The lowest BCUT2D eigenvalue weighted by Crippen LogP contribution is -2.05. The molecule has 0 aliphatic heterocycles. The minimum atomic E-state index is 0.743. The van der Waals surface area contributed by atoms with Gasteiger partial charge in [-0.15, -0.1) is 0 Å². The van der Waals surface area contributed by atoms with Gasteiger partial charge in [-0.2, -0.15) is 0 Å². The molecule has 0 radical (unpaired) electrons. The van der Waals surface area contributed by atoms with Crippen LogP contribution in [0.3, 0.4) is 0 Å². The van der Waals surface area contributed by atoms with Crippen molar-refractivity contribution in [1.82, 2.24) is 4.98 Å². The van der Waals surface area contributed by atoms with Gasteiger partial charge in [-0.25, -0.2) is 10.8 Å².